The van der Waals surface area contributed by atoms with Gasteiger partial charge in [0, 0.05) is 36.6 Å². The van der Waals surface area contributed by atoms with Gasteiger partial charge in [0.2, 0.25) is 0 Å². The lowest BCUT2D eigenvalue weighted by molar-refractivity contribution is -0.145. The van der Waals surface area contributed by atoms with Crippen LogP contribution in [0.25, 0.3) is 0 Å². The number of ether oxygens (including phenoxy) is 3. The number of likely N-dealkylation sites (tertiary alicyclic amines) is 2. The molecule has 218 valence electrons. The third kappa shape index (κ3) is 6.90. The first-order valence-corrected chi connectivity index (χ1v) is 14.3. The second kappa shape index (κ2) is 12.4. The molecule has 9 heteroatoms. The Bertz CT molecular complexity index is 1180. The van der Waals surface area contributed by atoms with Crippen LogP contribution in [0.2, 0.25) is 5.02 Å². The summed E-state index contributed by atoms with van der Waals surface area (Å²) in [7, 11) is 5.65. The highest BCUT2D eigenvalue weighted by molar-refractivity contribution is 6.31. The predicted octanol–water partition coefficient (Wildman–Crippen LogP) is 5.32. The van der Waals surface area contributed by atoms with Crippen LogP contribution < -0.4 is 4.74 Å². The number of amides is 1. The molecular weight excluding hydrogens is 530 g/mol. The summed E-state index contributed by atoms with van der Waals surface area (Å²) < 4.78 is 16.6. The largest absolute Gasteiger partial charge is 0.488 e. The van der Waals surface area contributed by atoms with Gasteiger partial charge in [-0.25, -0.2) is 9.59 Å². The van der Waals surface area contributed by atoms with Crippen molar-refractivity contribution >= 4 is 23.7 Å². The highest BCUT2D eigenvalue weighted by atomic mass is 35.5. The second-order valence-corrected chi connectivity index (χ2v) is 12.4. The predicted molar refractivity (Wildman–Crippen MR) is 156 cm³/mol. The number of nitrogens with zero attached hydrogens (tertiary/aromatic N) is 3. The molecule has 2 fully saturated rings. The molecule has 0 aromatic heterocycles. The van der Waals surface area contributed by atoms with Gasteiger partial charge in [0.15, 0.2) is 0 Å². The number of carbonyl (C=O) groups is 2. The van der Waals surface area contributed by atoms with E-state index in [4.69, 9.17) is 25.8 Å². The summed E-state index contributed by atoms with van der Waals surface area (Å²) in [5.41, 5.74) is 1.77. The fraction of sp³-hybridized carbons (Fsp3) is 0.548. The second-order valence-electron chi connectivity index (χ2n) is 12.0. The van der Waals surface area contributed by atoms with Gasteiger partial charge in [-0.05, 0) is 71.0 Å². The van der Waals surface area contributed by atoms with Gasteiger partial charge in [-0.2, -0.15) is 0 Å². The number of piperidine rings is 1. The summed E-state index contributed by atoms with van der Waals surface area (Å²) in [5.74, 6) is 0.111. The van der Waals surface area contributed by atoms with E-state index < -0.39 is 29.8 Å². The van der Waals surface area contributed by atoms with E-state index in [0.29, 0.717) is 17.2 Å². The Labute approximate surface area is 243 Å². The fourth-order valence-electron chi connectivity index (χ4n) is 5.75. The smallest absolute Gasteiger partial charge is 0.411 e. The van der Waals surface area contributed by atoms with Crippen LogP contribution in [0.5, 0.6) is 5.75 Å². The number of methoxy groups -OCH3 is 1. The van der Waals surface area contributed by atoms with Gasteiger partial charge in [0.25, 0.3) is 0 Å². The fourth-order valence-corrected chi connectivity index (χ4v) is 5.98. The van der Waals surface area contributed by atoms with Crippen LogP contribution in [-0.4, -0.2) is 85.3 Å². The quantitative estimate of drug-likeness (QED) is 0.416. The van der Waals surface area contributed by atoms with E-state index in [1.54, 1.807) is 20.8 Å². The molecule has 0 N–H and O–H groups in total. The van der Waals surface area contributed by atoms with E-state index in [1.165, 1.54) is 17.6 Å². The molecular formula is C31H42ClN3O5. The van der Waals surface area contributed by atoms with Crippen molar-refractivity contribution in [1.29, 1.82) is 0 Å². The van der Waals surface area contributed by atoms with Crippen LogP contribution in [-0.2, 0) is 26.4 Å². The molecule has 40 heavy (non-hydrogen) atoms. The molecule has 0 saturated carbocycles. The van der Waals surface area contributed by atoms with Crippen LogP contribution in [0.4, 0.5) is 4.79 Å². The zero-order chi connectivity index (χ0) is 29.1. The third-order valence-corrected chi connectivity index (χ3v) is 8.29. The van der Waals surface area contributed by atoms with E-state index in [1.807, 2.05) is 18.2 Å². The van der Waals surface area contributed by atoms with E-state index >= 15 is 0 Å². The summed E-state index contributed by atoms with van der Waals surface area (Å²) in [5, 5.41) is 0.636. The van der Waals surface area contributed by atoms with Crippen molar-refractivity contribution in [2.24, 2.45) is 0 Å². The summed E-state index contributed by atoms with van der Waals surface area (Å²) >= 11 is 6.72. The lowest BCUT2D eigenvalue weighted by Crippen LogP contribution is -2.50. The Kier molecular flexibility index (Phi) is 9.33. The average Bonchev–Trinajstić information content (AvgIpc) is 3.33. The molecule has 2 atom stereocenters. The Morgan fingerprint density at radius 1 is 1.07 bits per heavy atom. The molecule has 1 amide bonds. The van der Waals surface area contributed by atoms with E-state index in [2.05, 4.69) is 54.2 Å². The number of hydrogen-bond donors (Lipinski definition) is 0. The van der Waals surface area contributed by atoms with Crippen molar-refractivity contribution in [3.05, 3.63) is 64.7 Å². The van der Waals surface area contributed by atoms with E-state index in [9.17, 15) is 9.59 Å². The SMILES string of the molecule is COC(=O)[C@@H]1C[C@H](Oc2ccc(CN3CCC(c4ccccc4)(N(C)C)CC3)c(Cl)c2)CN1C(=O)OC(C)(C)C. The molecule has 0 spiro atoms. The number of carbonyl (C=O) groups excluding carboxylic acids is 2. The first-order valence-electron chi connectivity index (χ1n) is 13.9. The number of hydrogen-bond acceptors (Lipinski definition) is 7. The molecule has 2 heterocycles. The van der Waals surface area contributed by atoms with Gasteiger partial charge in [0.05, 0.1) is 13.7 Å². The molecule has 2 aromatic rings. The van der Waals surface area contributed by atoms with Crippen molar-refractivity contribution in [2.75, 3.05) is 40.8 Å². The highest BCUT2D eigenvalue weighted by Crippen LogP contribution is 2.38. The standard InChI is InChI=1S/C31H42ClN3O5/c1-30(2,3)40-29(37)35-21-25(19-27(35)28(36)38-6)39-24-13-12-22(26(32)18-24)20-34-16-14-31(15-17-34,33(4)5)23-10-8-7-9-11-23/h7-13,18,25,27H,14-17,19-21H2,1-6H3/t25-,27-/m0/s1. The molecule has 4 rings (SSSR count). The zero-order valence-electron chi connectivity index (χ0n) is 24.5. The monoisotopic (exact) mass is 571 g/mol. The first kappa shape index (κ1) is 30.2. The van der Waals surface area contributed by atoms with Crippen molar-refractivity contribution in [1.82, 2.24) is 14.7 Å². The van der Waals surface area contributed by atoms with Gasteiger partial charge >= 0.3 is 12.1 Å². The third-order valence-electron chi connectivity index (χ3n) is 7.94. The highest BCUT2D eigenvalue weighted by Gasteiger charge is 2.43. The van der Waals surface area contributed by atoms with Crippen molar-refractivity contribution in [3.8, 4) is 5.75 Å². The Morgan fingerprint density at radius 3 is 2.33 bits per heavy atom. The molecule has 2 aliphatic heterocycles. The zero-order valence-corrected chi connectivity index (χ0v) is 25.2. The minimum absolute atomic E-state index is 0.0375. The van der Waals surface area contributed by atoms with Gasteiger partial charge < -0.3 is 14.2 Å². The molecule has 2 saturated heterocycles. The summed E-state index contributed by atoms with van der Waals surface area (Å²) in [6.07, 6.45) is 1.45. The Balaban J connectivity index is 1.38. The first-order chi connectivity index (χ1) is 18.9. The number of rotatable bonds is 7. The number of esters is 1. The van der Waals surface area contributed by atoms with Crippen LogP contribution >= 0.6 is 11.6 Å². The molecule has 0 radical (unpaired) electrons. The maximum absolute atomic E-state index is 12.7. The molecule has 0 bridgehead atoms. The van der Waals surface area contributed by atoms with Crippen molar-refractivity contribution in [2.45, 2.75) is 69.9 Å². The molecule has 0 aliphatic carbocycles. The van der Waals surface area contributed by atoms with E-state index in [-0.39, 0.29) is 12.1 Å². The van der Waals surface area contributed by atoms with Gasteiger partial charge in [-0.15, -0.1) is 0 Å². The minimum Gasteiger partial charge on any atom is -0.488 e. The molecule has 0 unspecified atom stereocenters. The van der Waals surface area contributed by atoms with Crippen molar-refractivity contribution in [3.63, 3.8) is 0 Å². The average molecular weight is 572 g/mol. The lowest BCUT2D eigenvalue weighted by atomic mass is 9.79. The van der Waals surface area contributed by atoms with Crippen LogP contribution in [0.15, 0.2) is 48.5 Å². The molecule has 2 aromatic carbocycles. The van der Waals surface area contributed by atoms with E-state index in [0.717, 1.165) is 38.0 Å². The van der Waals surface area contributed by atoms with Gasteiger partial charge in [-0.1, -0.05) is 48.0 Å². The topological polar surface area (TPSA) is 71.6 Å². The summed E-state index contributed by atoms with van der Waals surface area (Å²) in [6.45, 7) is 8.29. The van der Waals surface area contributed by atoms with Crippen LogP contribution in [0, 0.1) is 0 Å². The Hall–Kier alpha value is -2.81. The maximum atomic E-state index is 12.7. The number of halogens is 1. The summed E-state index contributed by atoms with van der Waals surface area (Å²) in [4.78, 5) is 31.3. The summed E-state index contributed by atoms with van der Waals surface area (Å²) in [6, 6.07) is 15.7. The number of benzene rings is 2. The van der Waals surface area contributed by atoms with Crippen LogP contribution in [0.1, 0.15) is 51.2 Å². The minimum atomic E-state index is -0.760. The maximum Gasteiger partial charge on any atom is 0.411 e. The lowest BCUT2D eigenvalue weighted by Gasteiger charge is -2.46. The van der Waals surface area contributed by atoms with Gasteiger partial charge in [-0.3, -0.25) is 14.7 Å². The molecule has 8 nitrogen and oxygen atoms in total. The van der Waals surface area contributed by atoms with Gasteiger partial charge in [0.1, 0.15) is 23.5 Å². The van der Waals surface area contributed by atoms with Crippen LogP contribution in [0.3, 0.4) is 0 Å². The molecule has 2 aliphatic rings. The Morgan fingerprint density at radius 2 is 1.75 bits per heavy atom. The van der Waals surface area contributed by atoms with Crippen molar-refractivity contribution < 1.29 is 23.8 Å². The normalized spacial score (nSPS) is 21.4.